The summed E-state index contributed by atoms with van der Waals surface area (Å²) in [7, 11) is 0. The molecule has 1 aromatic rings. The van der Waals surface area contributed by atoms with E-state index in [9.17, 15) is 9.59 Å². The number of carbonyl (C=O) groups is 2. The molecule has 0 aromatic carbocycles. The van der Waals surface area contributed by atoms with Gasteiger partial charge in [0.15, 0.2) is 0 Å². The van der Waals surface area contributed by atoms with Crippen LogP contribution in [-0.2, 0) is 14.3 Å². The monoisotopic (exact) mass is 268 g/mol. The van der Waals surface area contributed by atoms with Crippen LogP contribution < -0.4 is 11.1 Å². The van der Waals surface area contributed by atoms with E-state index in [0.717, 1.165) is 0 Å². The Hall–Kier alpha value is -1.86. The number of rotatable bonds is 5. The molecule has 2 amide bonds. The smallest absolute Gasteiger partial charge is 0.254 e. The van der Waals surface area contributed by atoms with Crippen molar-refractivity contribution in [1.29, 1.82) is 0 Å². The van der Waals surface area contributed by atoms with Crippen LogP contribution in [-0.4, -0.2) is 43.8 Å². The van der Waals surface area contributed by atoms with Gasteiger partial charge in [-0.1, -0.05) is 0 Å². The van der Waals surface area contributed by atoms with E-state index in [2.05, 4.69) is 5.32 Å². The molecule has 19 heavy (non-hydrogen) atoms. The molecule has 0 radical (unpaired) electrons. The Labute approximate surface area is 110 Å². The summed E-state index contributed by atoms with van der Waals surface area (Å²) in [5.41, 5.74) is 5.47. The molecular weight excluding hydrogens is 252 g/mol. The molecule has 104 valence electrons. The number of nitrogens with two attached hydrogens (primary N) is 1. The summed E-state index contributed by atoms with van der Waals surface area (Å²) in [5, 5.41) is 2.79. The van der Waals surface area contributed by atoms with Gasteiger partial charge in [-0.2, -0.15) is 0 Å². The molecule has 2 heterocycles. The zero-order chi connectivity index (χ0) is 13.7. The summed E-state index contributed by atoms with van der Waals surface area (Å²) < 4.78 is 15.5. The fourth-order valence-electron chi connectivity index (χ4n) is 1.89. The molecule has 0 unspecified atom stereocenters. The van der Waals surface area contributed by atoms with Crippen LogP contribution in [0.2, 0.25) is 0 Å². The Balaban J connectivity index is 1.91. The van der Waals surface area contributed by atoms with E-state index in [1.807, 2.05) is 0 Å². The first kappa shape index (κ1) is 13.6. The van der Waals surface area contributed by atoms with Crippen molar-refractivity contribution in [3.05, 3.63) is 24.2 Å². The number of amides is 2. The van der Waals surface area contributed by atoms with E-state index in [1.165, 1.54) is 12.5 Å². The fourth-order valence-corrected chi connectivity index (χ4v) is 1.89. The minimum Gasteiger partial charge on any atom is -0.472 e. The molecule has 0 saturated carbocycles. The van der Waals surface area contributed by atoms with Gasteiger partial charge >= 0.3 is 0 Å². The average Bonchev–Trinajstić information content (AvgIpc) is 2.91. The molecule has 2 rings (SSSR count). The Morgan fingerprint density at radius 2 is 2.37 bits per heavy atom. The zero-order valence-corrected chi connectivity index (χ0v) is 10.3. The van der Waals surface area contributed by atoms with Crippen molar-refractivity contribution < 1.29 is 23.5 Å². The van der Waals surface area contributed by atoms with Gasteiger partial charge in [-0.15, -0.1) is 0 Å². The maximum atomic E-state index is 11.9. The second kappa shape index (κ2) is 6.35. The fraction of sp³-hybridized carbons (Fsp3) is 0.500. The largest absolute Gasteiger partial charge is 0.472 e. The third-order valence-corrected chi connectivity index (χ3v) is 2.83. The summed E-state index contributed by atoms with van der Waals surface area (Å²) >= 11 is 0. The van der Waals surface area contributed by atoms with Crippen LogP contribution in [0.15, 0.2) is 23.0 Å². The van der Waals surface area contributed by atoms with E-state index < -0.39 is 5.91 Å². The summed E-state index contributed by atoms with van der Waals surface area (Å²) in [4.78, 5) is 22.6. The molecule has 1 saturated heterocycles. The molecule has 7 heteroatoms. The highest BCUT2D eigenvalue weighted by molar-refractivity contribution is 5.94. The van der Waals surface area contributed by atoms with Crippen molar-refractivity contribution >= 4 is 11.8 Å². The molecule has 1 aliphatic rings. The lowest BCUT2D eigenvalue weighted by Crippen LogP contribution is -2.51. The molecule has 0 bridgehead atoms. The minimum absolute atomic E-state index is 0.164. The molecule has 1 fully saturated rings. The lowest BCUT2D eigenvalue weighted by atomic mass is 10.1. The third-order valence-electron chi connectivity index (χ3n) is 2.83. The highest BCUT2D eigenvalue weighted by atomic mass is 16.5. The van der Waals surface area contributed by atoms with Crippen molar-refractivity contribution in [3.8, 4) is 0 Å². The Morgan fingerprint density at radius 1 is 1.53 bits per heavy atom. The predicted octanol–water partition coefficient (Wildman–Crippen LogP) is -0.331. The summed E-state index contributed by atoms with van der Waals surface area (Å²) in [6, 6.07) is 1.26. The number of carbonyl (C=O) groups excluding carboxylic acids is 2. The number of hydrogen-bond donors (Lipinski definition) is 2. The highest BCUT2D eigenvalue weighted by Gasteiger charge is 2.28. The highest BCUT2D eigenvalue weighted by Crippen LogP contribution is 2.13. The summed E-state index contributed by atoms with van der Waals surface area (Å²) in [6.07, 6.45) is 3.10. The molecular formula is C12H16N2O5. The first-order chi connectivity index (χ1) is 9.16. The molecule has 2 atom stereocenters. The Kier molecular flexibility index (Phi) is 4.53. The molecule has 3 N–H and O–H groups in total. The van der Waals surface area contributed by atoms with Gasteiger partial charge in [0.2, 0.25) is 5.91 Å². The molecule has 0 spiro atoms. The van der Waals surface area contributed by atoms with Crippen LogP contribution in [0.5, 0.6) is 0 Å². The van der Waals surface area contributed by atoms with Crippen molar-refractivity contribution in [1.82, 2.24) is 5.32 Å². The lowest BCUT2D eigenvalue weighted by molar-refractivity contribution is -0.128. The van der Waals surface area contributed by atoms with Crippen LogP contribution in [0.25, 0.3) is 0 Å². The van der Waals surface area contributed by atoms with E-state index in [0.29, 0.717) is 25.2 Å². The number of primary amides is 1. The molecule has 7 nitrogen and oxygen atoms in total. The van der Waals surface area contributed by atoms with Gasteiger partial charge in [-0.05, 0) is 12.5 Å². The maximum absolute atomic E-state index is 11.9. The third kappa shape index (κ3) is 3.80. The SMILES string of the molecule is NC(=O)CO[C@@H]1CCOC[C@@H]1NC(=O)c1ccoc1. The van der Waals surface area contributed by atoms with Crippen LogP contribution in [0.4, 0.5) is 0 Å². The van der Waals surface area contributed by atoms with E-state index >= 15 is 0 Å². The lowest BCUT2D eigenvalue weighted by Gasteiger charge is -2.31. The average molecular weight is 268 g/mol. The number of furan rings is 1. The molecule has 0 aliphatic carbocycles. The van der Waals surface area contributed by atoms with Crippen LogP contribution in [0, 0.1) is 0 Å². The van der Waals surface area contributed by atoms with Gasteiger partial charge in [0.25, 0.3) is 5.91 Å². The van der Waals surface area contributed by atoms with Gasteiger partial charge in [0, 0.05) is 6.61 Å². The van der Waals surface area contributed by atoms with Gasteiger partial charge in [0.05, 0.1) is 30.6 Å². The predicted molar refractivity (Wildman–Crippen MR) is 64.3 cm³/mol. The second-order valence-electron chi connectivity index (χ2n) is 4.27. The van der Waals surface area contributed by atoms with Gasteiger partial charge < -0.3 is 24.9 Å². The van der Waals surface area contributed by atoms with E-state index in [4.69, 9.17) is 19.6 Å². The van der Waals surface area contributed by atoms with Gasteiger partial charge in [-0.3, -0.25) is 9.59 Å². The van der Waals surface area contributed by atoms with Crippen molar-refractivity contribution in [2.24, 2.45) is 5.73 Å². The van der Waals surface area contributed by atoms with Crippen molar-refractivity contribution in [2.75, 3.05) is 19.8 Å². The second-order valence-corrected chi connectivity index (χ2v) is 4.27. The normalized spacial score (nSPS) is 22.9. The quantitative estimate of drug-likeness (QED) is 0.761. The molecule has 1 aliphatic heterocycles. The van der Waals surface area contributed by atoms with Crippen LogP contribution in [0.3, 0.4) is 0 Å². The summed E-state index contributed by atoms with van der Waals surface area (Å²) in [6.45, 7) is 0.706. The first-order valence-corrected chi connectivity index (χ1v) is 5.97. The summed E-state index contributed by atoms with van der Waals surface area (Å²) in [5.74, 6) is -0.802. The van der Waals surface area contributed by atoms with Crippen LogP contribution >= 0.6 is 0 Å². The minimum atomic E-state index is -0.536. The van der Waals surface area contributed by atoms with Crippen LogP contribution in [0.1, 0.15) is 16.8 Å². The van der Waals surface area contributed by atoms with E-state index in [-0.39, 0.29) is 24.7 Å². The Morgan fingerprint density at radius 3 is 3.05 bits per heavy atom. The van der Waals surface area contributed by atoms with Crippen molar-refractivity contribution in [3.63, 3.8) is 0 Å². The van der Waals surface area contributed by atoms with Gasteiger partial charge in [0.1, 0.15) is 12.9 Å². The maximum Gasteiger partial charge on any atom is 0.254 e. The number of nitrogens with one attached hydrogen (secondary N) is 1. The standard InChI is InChI=1S/C12H16N2O5/c13-11(15)7-19-10-2-4-18-6-9(10)14-12(16)8-1-3-17-5-8/h1,3,5,9-10H,2,4,6-7H2,(H2,13,15)(H,14,16)/t9-,10+/m0/s1. The van der Waals surface area contributed by atoms with Gasteiger partial charge in [-0.25, -0.2) is 0 Å². The number of ether oxygens (including phenoxy) is 2. The first-order valence-electron chi connectivity index (χ1n) is 5.97. The van der Waals surface area contributed by atoms with E-state index in [1.54, 1.807) is 6.07 Å². The Bertz CT molecular complexity index is 431. The number of hydrogen-bond acceptors (Lipinski definition) is 5. The molecule has 1 aromatic heterocycles. The zero-order valence-electron chi connectivity index (χ0n) is 10.3. The van der Waals surface area contributed by atoms with Crippen molar-refractivity contribution in [2.45, 2.75) is 18.6 Å². The topological polar surface area (TPSA) is 104 Å².